The molecule has 1 aliphatic heterocycles. The molecule has 1 saturated heterocycles. The SMILES string of the molecule is CCOC(=S)SC(CC(Cl)C(F)(F)F)N1CCCC1=O. The average Bonchev–Trinajstić information content (AvgIpc) is 2.73. The second-order valence-electron chi connectivity index (χ2n) is 4.19. The van der Waals surface area contributed by atoms with Crippen molar-refractivity contribution in [3.05, 3.63) is 0 Å². The number of rotatable bonds is 5. The Hall–Kier alpha value is -0.210. The number of alkyl halides is 4. The third-order valence-electron chi connectivity index (χ3n) is 2.72. The van der Waals surface area contributed by atoms with E-state index in [2.05, 4.69) is 0 Å². The van der Waals surface area contributed by atoms with Crippen LogP contribution in [0.5, 0.6) is 0 Å². The largest absolute Gasteiger partial charge is 0.479 e. The number of amides is 1. The molecule has 0 aromatic heterocycles. The van der Waals surface area contributed by atoms with Crippen molar-refractivity contribution in [1.29, 1.82) is 0 Å². The Morgan fingerprint density at radius 1 is 1.60 bits per heavy atom. The Morgan fingerprint density at radius 3 is 2.70 bits per heavy atom. The summed E-state index contributed by atoms with van der Waals surface area (Å²) in [5.41, 5.74) is 0. The highest BCUT2D eigenvalue weighted by Gasteiger charge is 2.42. The van der Waals surface area contributed by atoms with Crippen molar-refractivity contribution in [2.24, 2.45) is 0 Å². The smallest absolute Gasteiger partial charge is 0.405 e. The van der Waals surface area contributed by atoms with Crippen molar-refractivity contribution in [3.63, 3.8) is 0 Å². The van der Waals surface area contributed by atoms with Gasteiger partial charge in [-0.2, -0.15) is 13.2 Å². The molecule has 0 N–H and O–H groups in total. The van der Waals surface area contributed by atoms with E-state index < -0.39 is 23.3 Å². The predicted molar refractivity (Wildman–Crippen MR) is 76.9 cm³/mol. The third-order valence-corrected chi connectivity index (χ3v) is 4.58. The normalized spacial score (nSPS) is 19.1. The van der Waals surface area contributed by atoms with Crippen LogP contribution in [0.3, 0.4) is 0 Å². The van der Waals surface area contributed by atoms with Gasteiger partial charge in [0.05, 0.1) is 12.0 Å². The maximum atomic E-state index is 12.6. The number of carbonyl (C=O) groups excluding carboxylic acids is 1. The number of carbonyl (C=O) groups is 1. The summed E-state index contributed by atoms with van der Waals surface area (Å²) >= 11 is 11.3. The van der Waals surface area contributed by atoms with Crippen LogP contribution >= 0.6 is 35.6 Å². The molecule has 3 nitrogen and oxygen atoms in total. The van der Waals surface area contributed by atoms with Crippen LogP contribution < -0.4 is 0 Å². The highest BCUT2D eigenvalue weighted by molar-refractivity contribution is 8.23. The van der Waals surface area contributed by atoms with Gasteiger partial charge >= 0.3 is 6.18 Å². The lowest BCUT2D eigenvalue weighted by Crippen LogP contribution is -2.39. The zero-order valence-corrected chi connectivity index (χ0v) is 13.2. The molecular formula is C11H15ClF3NO2S2. The summed E-state index contributed by atoms with van der Waals surface area (Å²) in [6, 6.07) is 0. The van der Waals surface area contributed by atoms with Gasteiger partial charge in [0, 0.05) is 19.4 Å². The topological polar surface area (TPSA) is 29.5 Å². The van der Waals surface area contributed by atoms with Gasteiger partial charge in [0.25, 0.3) is 0 Å². The number of hydrogen-bond donors (Lipinski definition) is 0. The van der Waals surface area contributed by atoms with E-state index in [1.54, 1.807) is 6.92 Å². The summed E-state index contributed by atoms with van der Waals surface area (Å²) < 4.78 is 42.9. The van der Waals surface area contributed by atoms with Crippen molar-refractivity contribution in [1.82, 2.24) is 4.90 Å². The minimum Gasteiger partial charge on any atom is -0.479 e. The van der Waals surface area contributed by atoms with E-state index in [1.165, 1.54) is 4.90 Å². The summed E-state index contributed by atoms with van der Waals surface area (Å²) in [5, 5.41) is -2.76. The predicted octanol–water partition coefficient (Wildman–Crippen LogP) is 3.55. The number of likely N-dealkylation sites (tertiary alicyclic amines) is 1. The van der Waals surface area contributed by atoms with E-state index in [-0.39, 0.29) is 10.3 Å². The van der Waals surface area contributed by atoms with Crippen LogP contribution in [-0.2, 0) is 9.53 Å². The highest BCUT2D eigenvalue weighted by Crippen LogP contribution is 2.34. The fraction of sp³-hybridized carbons (Fsp3) is 0.818. The van der Waals surface area contributed by atoms with Crippen LogP contribution in [0.2, 0.25) is 0 Å². The number of thioether (sulfide) groups is 1. The second-order valence-corrected chi connectivity index (χ2v) is 6.50. The van der Waals surface area contributed by atoms with Crippen molar-refractivity contribution in [2.45, 2.75) is 43.1 Å². The van der Waals surface area contributed by atoms with E-state index in [9.17, 15) is 18.0 Å². The zero-order chi connectivity index (χ0) is 15.3. The molecule has 0 radical (unpaired) electrons. The number of halogens is 4. The van der Waals surface area contributed by atoms with Gasteiger partial charge in [-0.25, -0.2) is 0 Å². The fourth-order valence-corrected chi connectivity index (χ4v) is 3.56. The Bertz CT molecular complexity index is 368. The van der Waals surface area contributed by atoms with Gasteiger partial charge in [0.2, 0.25) is 10.3 Å². The molecule has 0 spiro atoms. The lowest BCUT2D eigenvalue weighted by molar-refractivity contribution is -0.137. The molecule has 116 valence electrons. The number of ether oxygens (including phenoxy) is 1. The third kappa shape index (κ3) is 5.29. The minimum atomic E-state index is -4.50. The average molecular weight is 350 g/mol. The first-order valence-corrected chi connectivity index (χ1v) is 7.81. The molecule has 0 bridgehead atoms. The van der Waals surface area contributed by atoms with Gasteiger partial charge in [-0.15, -0.1) is 11.6 Å². The molecule has 1 rings (SSSR count). The Morgan fingerprint density at radius 2 is 2.25 bits per heavy atom. The lowest BCUT2D eigenvalue weighted by Gasteiger charge is -2.29. The molecule has 9 heteroatoms. The molecule has 2 unspecified atom stereocenters. The van der Waals surface area contributed by atoms with Gasteiger partial charge in [-0.1, -0.05) is 11.8 Å². The first kappa shape index (κ1) is 17.8. The molecule has 20 heavy (non-hydrogen) atoms. The second kappa shape index (κ2) is 7.70. The van der Waals surface area contributed by atoms with Gasteiger partial charge in [0.15, 0.2) is 0 Å². The van der Waals surface area contributed by atoms with Gasteiger partial charge in [0.1, 0.15) is 5.38 Å². The first-order chi connectivity index (χ1) is 9.25. The Kier molecular flexibility index (Phi) is 6.87. The molecule has 0 aliphatic carbocycles. The minimum absolute atomic E-state index is 0.128. The van der Waals surface area contributed by atoms with Crippen molar-refractivity contribution >= 4 is 45.9 Å². The van der Waals surface area contributed by atoms with Gasteiger partial charge < -0.3 is 9.64 Å². The zero-order valence-electron chi connectivity index (χ0n) is 10.8. The van der Waals surface area contributed by atoms with Crippen LogP contribution in [-0.4, -0.2) is 45.3 Å². The molecule has 1 amide bonds. The molecular weight excluding hydrogens is 335 g/mol. The Labute approximate surface area is 130 Å². The van der Waals surface area contributed by atoms with E-state index in [0.717, 1.165) is 11.8 Å². The van der Waals surface area contributed by atoms with Crippen LogP contribution in [0.1, 0.15) is 26.2 Å². The van der Waals surface area contributed by atoms with Crippen LogP contribution in [0.15, 0.2) is 0 Å². The number of nitrogens with zero attached hydrogens (tertiary/aromatic N) is 1. The summed E-state index contributed by atoms with van der Waals surface area (Å²) in [4.78, 5) is 13.1. The number of thiocarbonyl (C=S) groups is 1. The standard InChI is InChI=1S/C11H15ClF3NO2S2/c1-2-18-10(19)20-9(6-7(12)11(13,14)15)16-5-3-4-8(16)17/h7,9H,2-6H2,1H3. The van der Waals surface area contributed by atoms with Crippen LogP contribution in [0, 0.1) is 0 Å². The van der Waals surface area contributed by atoms with Crippen molar-refractivity contribution < 1.29 is 22.7 Å². The van der Waals surface area contributed by atoms with Crippen LogP contribution in [0.25, 0.3) is 0 Å². The lowest BCUT2D eigenvalue weighted by atomic mass is 10.2. The first-order valence-electron chi connectivity index (χ1n) is 6.09. The van der Waals surface area contributed by atoms with E-state index in [0.29, 0.717) is 26.0 Å². The molecule has 2 atom stereocenters. The summed E-state index contributed by atoms with van der Waals surface area (Å²) in [6.45, 7) is 2.48. The van der Waals surface area contributed by atoms with Crippen LogP contribution in [0.4, 0.5) is 13.2 Å². The quantitative estimate of drug-likeness (QED) is 0.561. The van der Waals surface area contributed by atoms with Gasteiger partial charge in [-0.05, 0) is 25.6 Å². The monoisotopic (exact) mass is 349 g/mol. The molecule has 1 fully saturated rings. The maximum Gasteiger partial charge on any atom is 0.405 e. The molecule has 0 aromatic rings. The summed E-state index contributed by atoms with van der Waals surface area (Å²) in [7, 11) is 0. The highest BCUT2D eigenvalue weighted by atomic mass is 35.5. The molecule has 1 aliphatic rings. The molecule has 0 aromatic carbocycles. The summed E-state index contributed by atoms with van der Waals surface area (Å²) in [5.74, 6) is -0.173. The van der Waals surface area contributed by atoms with Crippen molar-refractivity contribution in [2.75, 3.05) is 13.2 Å². The number of hydrogen-bond acceptors (Lipinski definition) is 4. The molecule has 0 saturated carbocycles. The molecule has 1 heterocycles. The maximum absolute atomic E-state index is 12.6. The summed E-state index contributed by atoms with van der Waals surface area (Å²) in [6.07, 6.45) is -3.93. The van der Waals surface area contributed by atoms with Gasteiger partial charge in [-0.3, -0.25) is 4.79 Å². The van der Waals surface area contributed by atoms with E-state index >= 15 is 0 Å². The van der Waals surface area contributed by atoms with Crippen molar-refractivity contribution in [3.8, 4) is 0 Å². The fourth-order valence-electron chi connectivity index (χ4n) is 1.79. The van der Waals surface area contributed by atoms with E-state index in [1.807, 2.05) is 0 Å². The van der Waals surface area contributed by atoms with E-state index in [4.69, 9.17) is 28.6 Å². The Balaban J connectivity index is 2.73.